The Morgan fingerprint density at radius 1 is 0.920 bits per heavy atom. The maximum atomic E-state index is 4.42. The lowest BCUT2D eigenvalue weighted by Crippen LogP contribution is -2.44. The van der Waals surface area contributed by atoms with Crippen molar-refractivity contribution in [1.82, 2.24) is 24.8 Å². The largest absolute Gasteiger partial charge is 0.303 e. The van der Waals surface area contributed by atoms with Crippen molar-refractivity contribution in [3.8, 4) is 0 Å². The van der Waals surface area contributed by atoms with Gasteiger partial charge in [0, 0.05) is 37.8 Å². The molecule has 25 heavy (non-hydrogen) atoms. The Morgan fingerprint density at radius 3 is 2.00 bits per heavy atom. The van der Waals surface area contributed by atoms with Crippen LogP contribution >= 0.6 is 0 Å². The summed E-state index contributed by atoms with van der Waals surface area (Å²) >= 11 is 0. The molecule has 142 valence electrons. The maximum Gasteiger partial charge on any atom is 0.0880 e. The molecule has 0 unspecified atom stereocenters. The monoisotopic (exact) mass is 347 g/mol. The van der Waals surface area contributed by atoms with Gasteiger partial charge in [0.1, 0.15) is 0 Å². The molecule has 3 heterocycles. The molecule has 2 saturated heterocycles. The van der Waals surface area contributed by atoms with E-state index in [9.17, 15) is 0 Å². The first kappa shape index (κ1) is 18.8. The van der Waals surface area contributed by atoms with Crippen LogP contribution in [0.25, 0.3) is 0 Å². The normalized spacial score (nSPS) is 22.0. The van der Waals surface area contributed by atoms with E-state index in [1.807, 2.05) is 0 Å². The lowest BCUT2D eigenvalue weighted by Gasteiger charge is -2.39. The maximum absolute atomic E-state index is 4.42. The zero-order valence-electron chi connectivity index (χ0n) is 17.0. The Balaban J connectivity index is 1.49. The molecule has 0 bridgehead atoms. The molecule has 1 aromatic heterocycles. The molecule has 0 spiro atoms. The smallest absolute Gasteiger partial charge is 0.0880 e. The minimum Gasteiger partial charge on any atom is -0.303 e. The number of piperidine rings is 1. The highest BCUT2D eigenvalue weighted by atomic mass is 15.4. The summed E-state index contributed by atoms with van der Waals surface area (Å²) in [5.74, 6) is 0. The first-order valence-corrected chi connectivity index (χ1v) is 10.1. The van der Waals surface area contributed by atoms with Crippen molar-refractivity contribution in [3.05, 3.63) is 11.9 Å². The second-order valence-electron chi connectivity index (χ2n) is 9.99. The third-order valence-corrected chi connectivity index (χ3v) is 5.71. The van der Waals surface area contributed by atoms with Crippen molar-refractivity contribution >= 4 is 0 Å². The summed E-state index contributed by atoms with van der Waals surface area (Å²) in [5.41, 5.74) is 1.56. The standard InChI is InChI=1S/C20H37N5/c1-19(2,3)18-14-25(22-21-18)17-8-12-24(13-9-17)16-20(4,5)15-23-10-6-7-11-23/h14,17H,6-13,15-16H2,1-5H3. The van der Waals surface area contributed by atoms with E-state index in [1.54, 1.807) is 0 Å². The van der Waals surface area contributed by atoms with E-state index in [-0.39, 0.29) is 5.41 Å². The predicted molar refractivity (Wildman–Crippen MR) is 103 cm³/mol. The molecule has 1 aromatic rings. The van der Waals surface area contributed by atoms with Gasteiger partial charge in [-0.1, -0.05) is 39.8 Å². The first-order valence-electron chi connectivity index (χ1n) is 10.1. The molecular formula is C20H37N5. The van der Waals surface area contributed by atoms with Gasteiger partial charge in [0.2, 0.25) is 0 Å². The van der Waals surface area contributed by atoms with E-state index in [0.717, 1.165) is 5.69 Å². The highest BCUT2D eigenvalue weighted by Gasteiger charge is 2.29. The summed E-state index contributed by atoms with van der Waals surface area (Å²) in [7, 11) is 0. The number of aromatic nitrogens is 3. The molecule has 0 radical (unpaired) electrons. The Hall–Kier alpha value is -0.940. The van der Waals surface area contributed by atoms with E-state index in [1.165, 1.54) is 65.0 Å². The van der Waals surface area contributed by atoms with Crippen LogP contribution in [0, 0.1) is 5.41 Å². The van der Waals surface area contributed by atoms with Crippen molar-refractivity contribution in [2.24, 2.45) is 5.41 Å². The summed E-state index contributed by atoms with van der Waals surface area (Å²) in [5, 5.41) is 8.81. The second kappa shape index (κ2) is 7.36. The topological polar surface area (TPSA) is 37.2 Å². The minimum absolute atomic E-state index is 0.0819. The van der Waals surface area contributed by atoms with E-state index in [2.05, 4.69) is 65.6 Å². The molecular weight excluding hydrogens is 310 g/mol. The van der Waals surface area contributed by atoms with E-state index in [0.29, 0.717) is 11.5 Å². The van der Waals surface area contributed by atoms with Crippen LogP contribution in [-0.2, 0) is 5.41 Å². The molecule has 0 saturated carbocycles. The minimum atomic E-state index is 0.0819. The molecule has 0 aromatic carbocycles. The van der Waals surface area contributed by atoms with Gasteiger partial charge in [-0.3, -0.25) is 0 Å². The van der Waals surface area contributed by atoms with E-state index in [4.69, 9.17) is 0 Å². The fraction of sp³-hybridized carbons (Fsp3) is 0.900. The van der Waals surface area contributed by atoms with Gasteiger partial charge in [0.25, 0.3) is 0 Å². The molecule has 0 atom stereocenters. The molecule has 2 aliphatic heterocycles. The molecule has 0 aliphatic carbocycles. The summed E-state index contributed by atoms with van der Waals surface area (Å²) < 4.78 is 2.12. The molecule has 0 N–H and O–H groups in total. The van der Waals surface area contributed by atoms with Crippen LogP contribution in [-0.4, -0.2) is 64.1 Å². The highest BCUT2D eigenvalue weighted by Crippen LogP contribution is 2.28. The molecule has 3 rings (SSSR count). The van der Waals surface area contributed by atoms with Gasteiger partial charge in [-0.25, -0.2) is 4.68 Å². The third-order valence-electron chi connectivity index (χ3n) is 5.71. The third kappa shape index (κ3) is 5.04. The molecule has 2 aliphatic rings. The Kier molecular flexibility index (Phi) is 5.54. The van der Waals surface area contributed by atoms with Gasteiger partial charge in [0.05, 0.1) is 11.7 Å². The van der Waals surface area contributed by atoms with Gasteiger partial charge >= 0.3 is 0 Å². The Bertz CT molecular complexity index is 543. The molecule has 2 fully saturated rings. The second-order valence-corrected chi connectivity index (χ2v) is 9.99. The summed E-state index contributed by atoms with van der Waals surface area (Å²) in [4.78, 5) is 5.31. The first-order chi connectivity index (χ1) is 11.7. The fourth-order valence-electron chi connectivity index (χ4n) is 4.34. The number of rotatable bonds is 5. The van der Waals surface area contributed by atoms with E-state index < -0.39 is 0 Å². The Labute approximate surface area is 153 Å². The van der Waals surface area contributed by atoms with Crippen LogP contribution in [0.5, 0.6) is 0 Å². The van der Waals surface area contributed by atoms with Crippen molar-refractivity contribution in [3.63, 3.8) is 0 Å². The van der Waals surface area contributed by atoms with Gasteiger partial charge < -0.3 is 9.80 Å². The lowest BCUT2D eigenvalue weighted by atomic mass is 9.90. The van der Waals surface area contributed by atoms with Crippen molar-refractivity contribution in [2.45, 2.75) is 71.8 Å². The lowest BCUT2D eigenvalue weighted by molar-refractivity contribution is 0.101. The fourth-order valence-corrected chi connectivity index (χ4v) is 4.34. The van der Waals surface area contributed by atoms with Gasteiger partial charge in [-0.05, 0) is 44.2 Å². The Morgan fingerprint density at radius 2 is 1.48 bits per heavy atom. The molecule has 5 nitrogen and oxygen atoms in total. The number of likely N-dealkylation sites (tertiary alicyclic amines) is 2. The van der Waals surface area contributed by atoms with Gasteiger partial charge in [-0.2, -0.15) is 0 Å². The summed E-state index contributed by atoms with van der Waals surface area (Å²) in [6.45, 7) is 18.9. The van der Waals surface area contributed by atoms with Crippen LogP contribution in [0.4, 0.5) is 0 Å². The van der Waals surface area contributed by atoms with E-state index >= 15 is 0 Å². The van der Waals surface area contributed by atoms with Crippen LogP contribution in [0.3, 0.4) is 0 Å². The SMILES string of the molecule is CC(C)(CN1CCCC1)CN1CCC(n2cc(C(C)(C)C)nn2)CC1. The van der Waals surface area contributed by atoms with Gasteiger partial charge in [-0.15, -0.1) is 5.10 Å². The van der Waals surface area contributed by atoms with Crippen molar-refractivity contribution < 1.29 is 0 Å². The number of hydrogen-bond acceptors (Lipinski definition) is 4. The quantitative estimate of drug-likeness (QED) is 0.819. The molecule has 5 heteroatoms. The van der Waals surface area contributed by atoms with Crippen molar-refractivity contribution in [1.29, 1.82) is 0 Å². The molecule has 0 amide bonds. The van der Waals surface area contributed by atoms with Crippen LogP contribution in [0.2, 0.25) is 0 Å². The van der Waals surface area contributed by atoms with Crippen LogP contribution in [0.1, 0.15) is 72.0 Å². The summed E-state index contributed by atoms with van der Waals surface area (Å²) in [6.07, 6.45) is 7.31. The zero-order valence-corrected chi connectivity index (χ0v) is 17.0. The summed E-state index contributed by atoms with van der Waals surface area (Å²) in [6, 6.07) is 0.515. The average molecular weight is 348 g/mol. The predicted octanol–water partition coefficient (Wildman–Crippen LogP) is 3.33. The zero-order chi connectivity index (χ0) is 18.1. The number of hydrogen-bond donors (Lipinski definition) is 0. The van der Waals surface area contributed by atoms with Crippen LogP contribution in [0.15, 0.2) is 6.20 Å². The average Bonchev–Trinajstić information content (AvgIpc) is 3.17. The number of nitrogens with zero attached hydrogens (tertiary/aromatic N) is 5. The van der Waals surface area contributed by atoms with Gasteiger partial charge in [0.15, 0.2) is 0 Å². The highest BCUT2D eigenvalue weighted by molar-refractivity contribution is 5.07. The van der Waals surface area contributed by atoms with Crippen LogP contribution < -0.4 is 0 Å². The van der Waals surface area contributed by atoms with Crippen molar-refractivity contribution in [2.75, 3.05) is 39.3 Å².